The molecule has 3 aromatic carbocycles. The first kappa shape index (κ1) is 19.6. The van der Waals surface area contributed by atoms with Gasteiger partial charge in [-0.25, -0.2) is 0 Å². The Morgan fingerprint density at radius 2 is 1.33 bits per heavy atom. The van der Waals surface area contributed by atoms with Crippen molar-refractivity contribution in [3.05, 3.63) is 95.0 Å². The first-order valence-corrected chi connectivity index (χ1v) is 11.5. The maximum Gasteiger partial charge on any atom is 0.269 e. The van der Waals surface area contributed by atoms with Crippen LogP contribution in [0.1, 0.15) is 12.8 Å². The molecule has 0 unspecified atom stereocenters. The van der Waals surface area contributed by atoms with Crippen molar-refractivity contribution in [2.24, 2.45) is 0 Å². The van der Waals surface area contributed by atoms with Gasteiger partial charge in [-0.3, -0.25) is 10.1 Å². The number of nitro groups is 1. The van der Waals surface area contributed by atoms with Crippen molar-refractivity contribution < 1.29 is 4.92 Å². The van der Waals surface area contributed by atoms with Crippen LogP contribution in [0.2, 0.25) is 0 Å². The Morgan fingerprint density at radius 1 is 0.778 bits per heavy atom. The van der Waals surface area contributed by atoms with E-state index in [2.05, 4.69) is 60.7 Å². The van der Waals surface area contributed by atoms with Crippen LogP contribution in [0.5, 0.6) is 0 Å². The number of nitrogens with zero attached hydrogens (tertiary/aromatic N) is 1. The summed E-state index contributed by atoms with van der Waals surface area (Å²) in [6.45, 7) is 0. The van der Waals surface area contributed by atoms with Gasteiger partial charge < -0.3 is 0 Å². The van der Waals surface area contributed by atoms with Crippen molar-refractivity contribution in [3.8, 4) is 0 Å². The molecule has 0 aliphatic carbocycles. The molecule has 0 amide bonds. The standard InChI is InChI=1S/C22H22NO2PS/c24-23(25)19-13-15-22(16-14-19)27-18-8-7-17-26(20-9-3-1-4-10-20)21-11-5-2-6-12-21/h1-6,9-16H,7-8,17-18H2. The number of rotatable bonds is 9. The van der Waals surface area contributed by atoms with Crippen LogP contribution in [0.4, 0.5) is 5.69 Å². The van der Waals surface area contributed by atoms with Crippen molar-refractivity contribution >= 4 is 36.0 Å². The van der Waals surface area contributed by atoms with Crippen LogP contribution in [0.3, 0.4) is 0 Å². The predicted octanol–water partition coefficient (Wildman–Crippen LogP) is 5.60. The highest BCUT2D eigenvalue weighted by Gasteiger charge is 2.12. The molecule has 0 aliphatic rings. The van der Waals surface area contributed by atoms with Gasteiger partial charge in [0.05, 0.1) is 4.92 Å². The van der Waals surface area contributed by atoms with Gasteiger partial charge in [0, 0.05) is 17.0 Å². The van der Waals surface area contributed by atoms with E-state index < -0.39 is 0 Å². The molecule has 0 fully saturated rings. The molecule has 3 nitrogen and oxygen atoms in total. The van der Waals surface area contributed by atoms with Crippen molar-refractivity contribution in [2.75, 3.05) is 11.9 Å². The summed E-state index contributed by atoms with van der Waals surface area (Å²) in [5.41, 5.74) is 0.149. The normalized spacial score (nSPS) is 10.9. The Morgan fingerprint density at radius 3 is 1.85 bits per heavy atom. The van der Waals surface area contributed by atoms with Crippen LogP contribution in [0.15, 0.2) is 89.8 Å². The van der Waals surface area contributed by atoms with E-state index in [9.17, 15) is 10.1 Å². The van der Waals surface area contributed by atoms with Crippen LogP contribution in [-0.2, 0) is 0 Å². The van der Waals surface area contributed by atoms with Gasteiger partial charge in [0.1, 0.15) is 0 Å². The van der Waals surface area contributed by atoms with E-state index >= 15 is 0 Å². The molecular formula is C22H22NO2PS. The van der Waals surface area contributed by atoms with E-state index in [4.69, 9.17) is 0 Å². The zero-order valence-corrected chi connectivity index (χ0v) is 16.7. The average molecular weight is 395 g/mol. The lowest BCUT2D eigenvalue weighted by atomic mass is 10.3. The van der Waals surface area contributed by atoms with Crippen molar-refractivity contribution in [1.29, 1.82) is 0 Å². The van der Waals surface area contributed by atoms with E-state index in [1.54, 1.807) is 23.9 Å². The largest absolute Gasteiger partial charge is 0.269 e. The topological polar surface area (TPSA) is 43.1 Å². The molecule has 0 saturated heterocycles. The molecule has 5 heteroatoms. The number of thioether (sulfide) groups is 1. The van der Waals surface area contributed by atoms with E-state index in [1.807, 2.05) is 12.1 Å². The molecule has 0 aromatic heterocycles. The fourth-order valence-corrected chi connectivity index (χ4v) is 6.18. The quantitative estimate of drug-likeness (QED) is 0.156. The summed E-state index contributed by atoms with van der Waals surface area (Å²) >= 11 is 1.77. The van der Waals surface area contributed by atoms with Crippen LogP contribution >= 0.6 is 19.7 Å². The maximum absolute atomic E-state index is 10.7. The molecule has 0 heterocycles. The lowest BCUT2D eigenvalue weighted by Gasteiger charge is -2.18. The summed E-state index contributed by atoms with van der Waals surface area (Å²) in [4.78, 5) is 11.4. The predicted molar refractivity (Wildman–Crippen MR) is 117 cm³/mol. The molecule has 3 rings (SSSR count). The lowest BCUT2D eigenvalue weighted by Crippen LogP contribution is -2.13. The molecule has 3 aromatic rings. The third-order valence-corrected chi connectivity index (χ3v) is 7.93. The number of nitro benzene ring substituents is 1. The molecule has 0 radical (unpaired) electrons. The Kier molecular flexibility index (Phi) is 7.44. The highest BCUT2D eigenvalue weighted by molar-refractivity contribution is 7.99. The first-order valence-electron chi connectivity index (χ1n) is 8.99. The van der Waals surface area contributed by atoms with Gasteiger partial charge in [-0.05, 0) is 55.4 Å². The molecule has 138 valence electrons. The van der Waals surface area contributed by atoms with Gasteiger partial charge in [-0.15, -0.1) is 11.8 Å². The van der Waals surface area contributed by atoms with Crippen molar-refractivity contribution in [2.45, 2.75) is 17.7 Å². The van der Waals surface area contributed by atoms with Crippen molar-refractivity contribution in [3.63, 3.8) is 0 Å². The molecule has 0 spiro atoms. The van der Waals surface area contributed by atoms with Crippen molar-refractivity contribution in [1.82, 2.24) is 0 Å². The number of hydrogen-bond acceptors (Lipinski definition) is 3. The third kappa shape index (κ3) is 5.92. The summed E-state index contributed by atoms with van der Waals surface area (Å²) in [5.74, 6) is 1.03. The van der Waals surface area contributed by atoms with Crippen LogP contribution in [0, 0.1) is 10.1 Å². The SMILES string of the molecule is O=[N+]([O-])c1ccc(SCCCCP(c2ccccc2)c2ccccc2)cc1. The zero-order valence-electron chi connectivity index (χ0n) is 15.0. The molecule has 0 bridgehead atoms. The third-order valence-electron chi connectivity index (χ3n) is 4.23. The van der Waals surface area contributed by atoms with Crippen LogP contribution in [0.25, 0.3) is 0 Å². The smallest absolute Gasteiger partial charge is 0.258 e. The Bertz CT molecular complexity index is 802. The lowest BCUT2D eigenvalue weighted by molar-refractivity contribution is -0.384. The molecular weight excluding hydrogens is 373 g/mol. The Hall–Kier alpha value is -2.16. The molecule has 0 saturated carbocycles. The Labute approximate surface area is 165 Å². The zero-order chi connectivity index (χ0) is 18.9. The minimum Gasteiger partial charge on any atom is -0.258 e. The molecule has 0 aliphatic heterocycles. The molecule has 0 N–H and O–H groups in total. The minimum absolute atomic E-state index is 0.149. The average Bonchev–Trinajstić information content (AvgIpc) is 2.72. The number of benzene rings is 3. The number of unbranched alkanes of at least 4 members (excludes halogenated alkanes) is 1. The highest BCUT2D eigenvalue weighted by atomic mass is 32.2. The maximum atomic E-state index is 10.7. The van der Waals surface area contributed by atoms with E-state index in [0.29, 0.717) is 0 Å². The fourth-order valence-electron chi connectivity index (χ4n) is 2.85. The fraction of sp³-hybridized carbons (Fsp3) is 0.182. The summed E-state index contributed by atoms with van der Waals surface area (Å²) < 4.78 is 0. The minimum atomic E-state index is -0.357. The van der Waals surface area contributed by atoms with E-state index in [0.717, 1.165) is 17.1 Å². The summed E-state index contributed by atoms with van der Waals surface area (Å²) in [7, 11) is -0.318. The second-order valence-corrected chi connectivity index (χ2v) is 9.63. The molecule has 0 atom stereocenters. The van der Waals surface area contributed by atoms with Gasteiger partial charge in [-0.1, -0.05) is 60.7 Å². The number of non-ortho nitro benzene ring substituents is 1. The summed E-state index contributed by atoms with van der Waals surface area (Å²) in [6.07, 6.45) is 3.50. The number of hydrogen-bond donors (Lipinski definition) is 0. The second kappa shape index (κ2) is 10.2. The van der Waals surface area contributed by atoms with Gasteiger partial charge in [-0.2, -0.15) is 0 Å². The van der Waals surface area contributed by atoms with Gasteiger partial charge in [0.15, 0.2) is 0 Å². The van der Waals surface area contributed by atoms with E-state index in [1.165, 1.54) is 23.2 Å². The van der Waals surface area contributed by atoms with Gasteiger partial charge in [0.25, 0.3) is 5.69 Å². The first-order chi connectivity index (χ1) is 13.2. The monoisotopic (exact) mass is 395 g/mol. The van der Waals surface area contributed by atoms with E-state index in [-0.39, 0.29) is 18.5 Å². The summed E-state index contributed by atoms with van der Waals surface area (Å²) in [5, 5.41) is 13.6. The van der Waals surface area contributed by atoms with Gasteiger partial charge in [0.2, 0.25) is 0 Å². The van der Waals surface area contributed by atoms with Crippen LogP contribution < -0.4 is 10.6 Å². The highest BCUT2D eigenvalue weighted by Crippen LogP contribution is 2.35. The summed E-state index contributed by atoms with van der Waals surface area (Å²) in [6, 6.07) is 28.4. The Balaban J connectivity index is 1.51. The van der Waals surface area contributed by atoms with Gasteiger partial charge >= 0.3 is 0 Å². The second-order valence-electron chi connectivity index (χ2n) is 6.13. The van der Waals surface area contributed by atoms with Crippen LogP contribution in [-0.4, -0.2) is 16.8 Å². The molecule has 27 heavy (non-hydrogen) atoms.